The van der Waals surface area contributed by atoms with Gasteiger partial charge in [-0.3, -0.25) is 67.5 Å². The molecule has 90 heavy (non-hydrogen) atoms. The van der Waals surface area contributed by atoms with E-state index >= 15 is 0 Å². The van der Waals surface area contributed by atoms with Crippen LogP contribution >= 0.6 is 0 Å². The van der Waals surface area contributed by atoms with E-state index in [1.807, 2.05) is 13.8 Å². The third-order valence-electron chi connectivity index (χ3n) is 13.4. The van der Waals surface area contributed by atoms with Gasteiger partial charge in [0.05, 0.1) is 32.2 Å². The lowest BCUT2D eigenvalue weighted by molar-refractivity contribution is -0.147. The van der Waals surface area contributed by atoms with Crippen LogP contribution in [0.3, 0.4) is 0 Å². The lowest BCUT2D eigenvalue weighted by atomic mass is 9.97. The van der Waals surface area contributed by atoms with Crippen LogP contribution in [-0.2, 0) is 62.3 Å². The molecule has 0 radical (unpaired) electrons. The second kappa shape index (κ2) is 42.4. The fraction of sp³-hybridized carbons (Fsp3) is 0.722. The number of nitrogens with zero attached hydrogens (tertiary/aromatic N) is 2. The van der Waals surface area contributed by atoms with Crippen LogP contribution in [0.4, 0.5) is 0 Å². The normalized spacial score (nSPS) is 14.8. The molecule has 512 valence electrons. The highest BCUT2D eigenvalue weighted by molar-refractivity contribution is 5.99. The summed E-state index contributed by atoms with van der Waals surface area (Å²) < 4.78 is 0. The molecule has 11 amide bonds. The van der Waals surface area contributed by atoms with E-state index in [0.29, 0.717) is 12.8 Å². The van der Waals surface area contributed by atoms with Crippen LogP contribution in [0.2, 0.25) is 0 Å². The first-order chi connectivity index (χ1) is 42.0. The molecule has 0 aliphatic rings. The van der Waals surface area contributed by atoms with E-state index in [1.165, 1.54) is 20.8 Å². The first-order valence-electron chi connectivity index (χ1n) is 29.5. The summed E-state index contributed by atoms with van der Waals surface area (Å²) >= 11 is 0. The van der Waals surface area contributed by atoms with Crippen LogP contribution in [0, 0.1) is 23.7 Å². The van der Waals surface area contributed by atoms with Crippen molar-refractivity contribution in [1.82, 2.24) is 58.5 Å². The molecule has 0 aromatic rings. The first kappa shape index (κ1) is 81.5. The summed E-state index contributed by atoms with van der Waals surface area (Å²) in [6.07, 6.45) is -0.310. The molecule has 0 spiro atoms. The van der Waals surface area contributed by atoms with E-state index in [4.69, 9.17) is 39.5 Å². The Hall–Kier alpha value is -8.51. The number of hydrogen-bond donors (Lipinski definition) is 21. The molecule has 0 aliphatic heterocycles. The minimum absolute atomic E-state index is 0.0200. The van der Waals surface area contributed by atoms with Crippen LogP contribution in [0.15, 0.2) is 9.98 Å². The van der Waals surface area contributed by atoms with Gasteiger partial charge in [-0.15, -0.1) is 0 Å². The van der Waals surface area contributed by atoms with Crippen LogP contribution in [0.1, 0.15) is 120 Å². The zero-order chi connectivity index (χ0) is 69.1. The van der Waals surface area contributed by atoms with Crippen LogP contribution < -0.4 is 92.9 Å². The SMILES string of the molecule is CC(C)C[C@H](N)C(=O)NCC(=O)N[C@@H](CO)C(=O)N[C@@H](C)C(=O)N[C@@H](CCCN=C(N)N)C(=O)N[C@@H](CCCN=C(N)N)C(=O)N[C@H](C(=O)N[C@H](C(=O)N[C@H](C(=O)N[C@@H](CO)C(=O)N[C@@H](CCCCN)C(=O)N[C@@H](CC(=O)O)C(=O)O)C(C)C)C(C)C)C(C)C. The summed E-state index contributed by atoms with van der Waals surface area (Å²) in [4.78, 5) is 180. The van der Waals surface area contributed by atoms with E-state index in [1.54, 1.807) is 27.7 Å². The minimum atomic E-state index is -1.87. The average Bonchev–Trinajstić information content (AvgIpc) is 1.17. The summed E-state index contributed by atoms with van der Waals surface area (Å²) in [5.41, 5.74) is 33.4. The maximum atomic E-state index is 14.3. The lowest BCUT2D eigenvalue weighted by Crippen LogP contribution is -2.62. The predicted molar refractivity (Wildman–Crippen MR) is 327 cm³/mol. The number of unbranched alkanes of at least 4 members (excludes halogenated alkanes) is 1. The number of aliphatic hydroxyl groups excluding tert-OH is 2. The maximum Gasteiger partial charge on any atom is 0.326 e. The van der Waals surface area contributed by atoms with E-state index in [0.717, 1.165) is 0 Å². The first-order valence-corrected chi connectivity index (χ1v) is 29.5. The highest BCUT2D eigenvalue weighted by Gasteiger charge is 2.38. The standard InChI is InChI=1S/C54H99N19O17/c1-25(2)20-30(56)43(80)63-22-37(76)65-35(23-74)47(84)64-29(9)42(79)66-32(15-12-18-61-53(57)58)44(81)67-33(16-13-19-62-54(59)60)46(83)71-40(27(5)6)50(87)73-41(28(7)8)51(88)72-39(26(3)4)49(86)70-36(24-75)48(85)68-31(14-10-11-17-55)45(82)69-34(52(89)90)21-38(77)78/h25-36,39-41,74-75H,10-24,55-56H2,1-9H3,(H,63,80)(H,64,84)(H,65,76)(H,66,79)(H,67,81)(H,68,85)(H,69,82)(H,70,86)(H,71,83)(H,72,88)(H,73,87)(H,77,78)(H,89,90)(H4,57,58,61)(H4,59,60,62)/t29-,30-,31-,32-,33-,34-,35-,36-,39-,40-,41-/m0/s1. The molecule has 36 nitrogen and oxygen atoms in total. The molecule has 0 rings (SSSR count). The molecule has 0 bridgehead atoms. The third-order valence-corrected chi connectivity index (χ3v) is 13.4. The molecule has 0 unspecified atom stereocenters. The summed E-state index contributed by atoms with van der Waals surface area (Å²) in [5, 5.41) is 65.3. The topological polar surface area (TPSA) is 616 Å². The number of rotatable bonds is 44. The molecular weight excluding hydrogens is 1190 g/mol. The Labute approximate surface area is 522 Å². The molecule has 0 aromatic heterocycles. The summed E-state index contributed by atoms with van der Waals surface area (Å²) in [6.45, 7) is 11.9. The molecule has 11 atom stereocenters. The zero-order valence-corrected chi connectivity index (χ0v) is 52.7. The van der Waals surface area contributed by atoms with Crippen molar-refractivity contribution < 1.29 is 82.8 Å². The van der Waals surface area contributed by atoms with Crippen molar-refractivity contribution in [3.05, 3.63) is 0 Å². The Morgan fingerprint density at radius 2 is 0.778 bits per heavy atom. The Morgan fingerprint density at radius 1 is 0.422 bits per heavy atom. The number of carbonyl (C=O) groups is 13. The second-order valence-corrected chi connectivity index (χ2v) is 22.8. The van der Waals surface area contributed by atoms with E-state index in [9.17, 15) is 77.6 Å². The molecule has 0 saturated heterocycles. The number of guanidine groups is 2. The zero-order valence-electron chi connectivity index (χ0n) is 52.7. The molecular formula is C54H99N19O17. The predicted octanol–water partition coefficient (Wildman–Crippen LogP) is -7.91. The Kier molecular flexibility index (Phi) is 38.4. The summed E-state index contributed by atoms with van der Waals surface area (Å²) in [5.74, 6) is -16.0. The molecule has 0 saturated carbocycles. The largest absolute Gasteiger partial charge is 0.481 e. The smallest absolute Gasteiger partial charge is 0.326 e. The van der Waals surface area contributed by atoms with Crippen molar-refractivity contribution in [3.63, 3.8) is 0 Å². The van der Waals surface area contributed by atoms with Gasteiger partial charge in [-0.1, -0.05) is 55.4 Å². The van der Waals surface area contributed by atoms with Gasteiger partial charge >= 0.3 is 11.9 Å². The number of aliphatic carboxylic acids is 2. The molecule has 0 fully saturated rings. The van der Waals surface area contributed by atoms with E-state index in [2.05, 4.69) is 68.5 Å². The van der Waals surface area contributed by atoms with E-state index < -0.39 is 187 Å². The fourth-order valence-electron chi connectivity index (χ4n) is 8.33. The highest BCUT2D eigenvalue weighted by atomic mass is 16.4. The number of carboxylic acids is 2. The van der Waals surface area contributed by atoms with Crippen LogP contribution in [0.5, 0.6) is 0 Å². The number of nitrogens with one attached hydrogen (secondary N) is 11. The summed E-state index contributed by atoms with van der Waals surface area (Å²) in [7, 11) is 0. The van der Waals surface area contributed by atoms with Crippen molar-refractivity contribution in [2.75, 3.05) is 39.4 Å². The Balaban J connectivity index is 6.65. The van der Waals surface area contributed by atoms with Crippen molar-refractivity contribution in [2.24, 2.45) is 68.1 Å². The van der Waals surface area contributed by atoms with Gasteiger partial charge in [0.2, 0.25) is 65.0 Å². The number of nitrogens with two attached hydrogens (primary N) is 6. The number of aliphatic imine (C=N–C) groups is 2. The van der Waals surface area contributed by atoms with Gasteiger partial charge < -0.3 is 113 Å². The van der Waals surface area contributed by atoms with Gasteiger partial charge in [-0.25, -0.2) is 4.79 Å². The number of aliphatic hydroxyl groups is 2. The van der Waals surface area contributed by atoms with Crippen molar-refractivity contribution in [2.45, 2.75) is 187 Å². The quantitative estimate of drug-likeness (QED) is 0.0153. The number of hydrogen-bond acceptors (Lipinski definition) is 19. The number of carboxylic acid groups (broad SMARTS) is 2. The van der Waals surface area contributed by atoms with Crippen molar-refractivity contribution in [1.29, 1.82) is 0 Å². The van der Waals surface area contributed by atoms with E-state index in [-0.39, 0.29) is 76.0 Å². The number of carbonyl (C=O) groups excluding carboxylic acids is 11. The van der Waals surface area contributed by atoms with Crippen LogP contribution in [-0.4, -0.2) is 215 Å². The van der Waals surface area contributed by atoms with Gasteiger partial charge in [0, 0.05) is 13.1 Å². The molecule has 0 heterocycles. The third kappa shape index (κ3) is 32.1. The maximum absolute atomic E-state index is 14.3. The van der Waals surface area contributed by atoms with Crippen molar-refractivity contribution >= 4 is 88.8 Å². The van der Waals surface area contributed by atoms with Gasteiger partial charge in [0.1, 0.15) is 60.4 Å². The highest BCUT2D eigenvalue weighted by Crippen LogP contribution is 2.13. The van der Waals surface area contributed by atoms with Gasteiger partial charge in [0.25, 0.3) is 0 Å². The monoisotopic (exact) mass is 1290 g/mol. The van der Waals surface area contributed by atoms with Gasteiger partial charge in [0.15, 0.2) is 11.9 Å². The number of amides is 11. The van der Waals surface area contributed by atoms with Gasteiger partial charge in [-0.05, 0) is 88.5 Å². The molecule has 0 aliphatic carbocycles. The fourth-order valence-corrected chi connectivity index (χ4v) is 8.33. The Bertz CT molecular complexity index is 2470. The van der Waals surface area contributed by atoms with Gasteiger partial charge in [-0.2, -0.15) is 0 Å². The minimum Gasteiger partial charge on any atom is -0.481 e. The Morgan fingerprint density at radius 3 is 1.17 bits per heavy atom. The average molecular weight is 1290 g/mol. The lowest BCUT2D eigenvalue weighted by Gasteiger charge is -2.31. The molecule has 27 N–H and O–H groups in total. The summed E-state index contributed by atoms with van der Waals surface area (Å²) in [6, 6.07) is -16.2. The molecule has 0 aromatic carbocycles. The van der Waals surface area contributed by atoms with Crippen molar-refractivity contribution in [3.8, 4) is 0 Å². The van der Waals surface area contributed by atoms with Crippen LogP contribution in [0.25, 0.3) is 0 Å². The second-order valence-electron chi connectivity index (χ2n) is 22.8. The molecule has 36 heteroatoms.